The highest BCUT2D eigenvalue weighted by Gasteiger charge is 2.51. The maximum absolute atomic E-state index is 12.9. The van der Waals surface area contributed by atoms with Crippen LogP contribution in [0.25, 0.3) is 0 Å². The van der Waals surface area contributed by atoms with Crippen LogP contribution in [0.2, 0.25) is 0 Å². The Morgan fingerprint density at radius 1 is 0.444 bits per heavy atom. The zero-order chi connectivity index (χ0) is 52.6. The molecule has 13 heteroatoms. The highest BCUT2D eigenvalue weighted by molar-refractivity contribution is 7.47. The maximum Gasteiger partial charge on any atom is 0.472 e. The number of carbonyl (C=O) groups is 1. The molecule has 418 valence electrons. The van der Waals surface area contributed by atoms with Crippen LogP contribution < -0.4 is 0 Å². The molecule has 1 aliphatic carbocycles. The Labute approximate surface area is 438 Å². The van der Waals surface area contributed by atoms with Gasteiger partial charge in [-0.2, -0.15) is 0 Å². The smallest absolute Gasteiger partial charge is 0.457 e. The molecule has 0 amide bonds. The molecule has 1 fully saturated rings. The lowest BCUT2D eigenvalue weighted by Gasteiger charge is -2.41. The Hall–Kier alpha value is -2.22. The van der Waals surface area contributed by atoms with Crippen LogP contribution in [0, 0.1) is 0 Å². The van der Waals surface area contributed by atoms with Crippen molar-refractivity contribution < 1.29 is 58.3 Å². The topological polar surface area (TPSA) is 192 Å². The van der Waals surface area contributed by atoms with E-state index in [1.54, 1.807) is 0 Å². The zero-order valence-corrected chi connectivity index (χ0v) is 46.1. The average Bonchev–Trinajstić information content (AvgIpc) is 3.37. The minimum absolute atomic E-state index is 0.0890. The van der Waals surface area contributed by atoms with Gasteiger partial charge >= 0.3 is 13.8 Å². The summed E-state index contributed by atoms with van der Waals surface area (Å²) in [4.78, 5) is 23.3. The van der Waals surface area contributed by atoms with E-state index in [-0.39, 0.29) is 13.0 Å². The van der Waals surface area contributed by atoms with Crippen molar-refractivity contribution in [3.8, 4) is 0 Å². The summed E-state index contributed by atoms with van der Waals surface area (Å²) in [5.74, 6) is -0.492. The molecule has 0 aromatic carbocycles. The van der Waals surface area contributed by atoms with E-state index in [1.807, 2.05) is 0 Å². The lowest BCUT2D eigenvalue weighted by Crippen LogP contribution is -2.64. The van der Waals surface area contributed by atoms with Crippen molar-refractivity contribution in [1.82, 2.24) is 0 Å². The van der Waals surface area contributed by atoms with Crippen LogP contribution in [0.5, 0.6) is 0 Å². The molecule has 1 aliphatic rings. The highest BCUT2D eigenvalue weighted by Crippen LogP contribution is 2.47. The lowest BCUT2D eigenvalue weighted by atomic mass is 9.85. The second-order valence-electron chi connectivity index (χ2n) is 19.8. The Balaban J connectivity index is 2.32. The first-order chi connectivity index (χ1) is 35.0. The molecule has 0 heterocycles. The van der Waals surface area contributed by atoms with Crippen molar-refractivity contribution in [2.45, 2.75) is 275 Å². The molecule has 0 saturated heterocycles. The first-order valence-electron chi connectivity index (χ1n) is 28.8. The van der Waals surface area contributed by atoms with Crippen molar-refractivity contribution in [1.29, 1.82) is 0 Å². The summed E-state index contributed by atoms with van der Waals surface area (Å²) in [6.07, 6.45) is 52.5. The Morgan fingerprint density at radius 2 is 0.778 bits per heavy atom. The third kappa shape index (κ3) is 39.2. The number of unbranched alkanes of at least 4 members (excludes halogenated alkanes) is 25. The predicted octanol–water partition coefficient (Wildman–Crippen LogP) is 13.9. The molecule has 1 saturated carbocycles. The van der Waals surface area contributed by atoms with E-state index in [9.17, 15) is 39.8 Å². The minimum atomic E-state index is -5.04. The van der Waals surface area contributed by atoms with Crippen LogP contribution in [-0.2, 0) is 27.9 Å². The van der Waals surface area contributed by atoms with Gasteiger partial charge in [0.1, 0.15) is 42.7 Å². The molecule has 0 radical (unpaired) electrons. The van der Waals surface area contributed by atoms with Gasteiger partial charge < -0.3 is 39.9 Å². The molecule has 0 aliphatic heterocycles. The summed E-state index contributed by atoms with van der Waals surface area (Å²) in [6, 6.07) is 0. The van der Waals surface area contributed by atoms with Crippen LogP contribution in [0.3, 0.4) is 0 Å². The summed E-state index contributed by atoms with van der Waals surface area (Å²) >= 11 is 0. The fraction of sp³-hybridized carbons (Fsp3) is 0.780. The Bertz CT molecular complexity index is 1460. The molecular weight excluding hydrogens is 932 g/mol. The SMILES string of the molecule is CCCCCCC/C=C\C/C=C\C/C=C\CCCCCCCCCCCOCC(COP(=O)(O)OC1C(O)C(O)C(O)C(O)C1O)OC(=O)CCCCCCCC/C=C\C/C=C\C/C=C\CCCCCCC. The van der Waals surface area contributed by atoms with Crippen LogP contribution in [0.15, 0.2) is 72.9 Å². The van der Waals surface area contributed by atoms with Gasteiger partial charge in [-0.3, -0.25) is 13.8 Å². The average molecular weight is 1040 g/mol. The fourth-order valence-electron chi connectivity index (χ4n) is 8.49. The van der Waals surface area contributed by atoms with Gasteiger partial charge in [0.25, 0.3) is 0 Å². The van der Waals surface area contributed by atoms with Gasteiger partial charge in [-0.05, 0) is 89.9 Å². The van der Waals surface area contributed by atoms with Crippen LogP contribution in [-0.4, -0.2) is 98.9 Å². The summed E-state index contributed by atoms with van der Waals surface area (Å²) in [5, 5.41) is 50.4. The van der Waals surface area contributed by atoms with Gasteiger partial charge in [-0.25, -0.2) is 4.57 Å². The number of phosphoric acid groups is 1. The van der Waals surface area contributed by atoms with Gasteiger partial charge in [-0.15, -0.1) is 0 Å². The molecular formula is C59H105O12P. The van der Waals surface area contributed by atoms with E-state index in [4.69, 9.17) is 18.5 Å². The molecule has 72 heavy (non-hydrogen) atoms. The third-order valence-corrected chi connectivity index (χ3v) is 14.0. The Morgan fingerprint density at radius 3 is 1.18 bits per heavy atom. The summed E-state index contributed by atoms with van der Waals surface area (Å²) < 4.78 is 34.4. The number of phosphoric ester groups is 1. The maximum atomic E-state index is 12.9. The highest BCUT2D eigenvalue weighted by atomic mass is 31.2. The number of ether oxygens (including phenoxy) is 2. The molecule has 6 atom stereocenters. The van der Waals surface area contributed by atoms with E-state index in [2.05, 4.69) is 86.8 Å². The summed E-state index contributed by atoms with van der Waals surface area (Å²) in [7, 11) is -5.04. The minimum Gasteiger partial charge on any atom is -0.457 e. The number of hydrogen-bond donors (Lipinski definition) is 6. The number of esters is 1. The summed E-state index contributed by atoms with van der Waals surface area (Å²) in [5.41, 5.74) is 0. The second kappa shape index (κ2) is 48.4. The Kier molecular flexibility index (Phi) is 45.6. The molecule has 6 N–H and O–H groups in total. The lowest BCUT2D eigenvalue weighted by molar-refractivity contribution is -0.220. The molecule has 0 aromatic rings. The fourth-order valence-corrected chi connectivity index (χ4v) is 9.46. The molecule has 0 aromatic heterocycles. The van der Waals surface area contributed by atoms with E-state index in [1.165, 1.54) is 109 Å². The van der Waals surface area contributed by atoms with Gasteiger partial charge in [0.15, 0.2) is 0 Å². The number of aliphatic hydroxyl groups excluding tert-OH is 5. The van der Waals surface area contributed by atoms with Crippen molar-refractivity contribution in [3.63, 3.8) is 0 Å². The summed E-state index contributed by atoms with van der Waals surface area (Å²) in [6.45, 7) is 4.23. The van der Waals surface area contributed by atoms with Crippen molar-refractivity contribution in [2.75, 3.05) is 19.8 Å². The quantitative estimate of drug-likeness (QED) is 0.0146. The standard InChI is InChI=1S/C59H105O12P/c1-3-5-7-9-11-13-15-17-19-21-23-25-26-27-29-31-33-35-37-39-41-43-45-47-49-68-50-52(51-69-72(66,67)71-59-57(64)55(62)54(61)56(63)58(59)65)70-53(60)48-46-44-42-40-38-36-34-32-30-28-24-22-20-18-16-14-12-10-8-6-4-2/h15-18,21-24,26-27,30,32,52,54-59,61-65H,3-14,19-20,25,28-29,31,33-51H2,1-2H3,(H,66,67)/b17-15-,18-16-,23-21-,24-22-,27-26-,32-30-. The monoisotopic (exact) mass is 1040 g/mol. The second-order valence-corrected chi connectivity index (χ2v) is 21.2. The third-order valence-electron chi connectivity index (χ3n) is 13.1. The zero-order valence-electron chi connectivity index (χ0n) is 45.2. The van der Waals surface area contributed by atoms with Crippen molar-refractivity contribution in [2.24, 2.45) is 0 Å². The number of rotatable bonds is 49. The van der Waals surface area contributed by atoms with Crippen molar-refractivity contribution in [3.05, 3.63) is 72.9 Å². The largest absolute Gasteiger partial charge is 0.472 e. The molecule has 0 spiro atoms. The molecule has 1 rings (SSSR count). The first-order valence-corrected chi connectivity index (χ1v) is 30.3. The van der Waals surface area contributed by atoms with Gasteiger partial charge in [-0.1, -0.05) is 209 Å². The number of carbonyl (C=O) groups excluding carboxylic acids is 1. The number of hydrogen-bond acceptors (Lipinski definition) is 11. The van der Waals surface area contributed by atoms with Crippen LogP contribution in [0.4, 0.5) is 0 Å². The number of aliphatic hydroxyl groups is 5. The van der Waals surface area contributed by atoms with Gasteiger partial charge in [0.2, 0.25) is 0 Å². The normalized spacial score (nSPS) is 21.2. The van der Waals surface area contributed by atoms with E-state index in [0.717, 1.165) is 96.3 Å². The van der Waals surface area contributed by atoms with Crippen LogP contribution in [0.1, 0.15) is 232 Å². The van der Waals surface area contributed by atoms with E-state index < -0.39 is 63.1 Å². The van der Waals surface area contributed by atoms with Gasteiger partial charge in [0, 0.05) is 13.0 Å². The number of allylic oxidation sites excluding steroid dienone is 12. The van der Waals surface area contributed by atoms with Crippen molar-refractivity contribution >= 4 is 13.8 Å². The molecule has 0 bridgehead atoms. The van der Waals surface area contributed by atoms with Gasteiger partial charge in [0.05, 0.1) is 13.2 Å². The first kappa shape index (κ1) is 67.8. The van der Waals surface area contributed by atoms with E-state index >= 15 is 0 Å². The predicted molar refractivity (Wildman–Crippen MR) is 295 cm³/mol. The molecule has 12 nitrogen and oxygen atoms in total. The van der Waals surface area contributed by atoms with E-state index in [0.29, 0.717) is 13.0 Å². The van der Waals surface area contributed by atoms with Crippen LogP contribution >= 0.6 is 7.82 Å². The molecule has 6 unspecified atom stereocenters.